The van der Waals surface area contributed by atoms with Crippen LogP contribution in [0.4, 0.5) is 0 Å². The molecule has 0 radical (unpaired) electrons. The third kappa shape index (κ3) is 5.87. The second-order valence-electron chi connectivity index (χ2n) is 6.39. The van der Waals surface area contributed by atoms with E-state index in [1.54, 1.807) is 55.7 Å². The van der Waals surface area contributed by atoms with Crippen molar-refractivity contribution in [3.05, 3.63) is 83.9 Å². The maximum absolute atomic E-state index is 12.2. The number of benzene rings is 3. The number of methoxy groups -OCH3 is 2. The summed E-state index contributed by atoms with van der Waals surface area (Å²) in [6, 6.07) is 23.6. The lowest BCUT2D eigenvalue weighted by atomic mass is 10.0. The van der Waals surface area contributed by atoms with Gasteiger partial charge < -0.3 is 18.9 Å². The van der Waals surface area contributed by atoms with Gasteiger partial charge in [-0.2, -0.15) is 5.26 Å². The van der Waals surface area contributed by atoms with Gasteiger partial charge in [-0.3, -0.25) is 0 Å². The summed E-state index contributed by atoms with van der Waals surface area (Å²) in [5.41, 5.74) is 2.07. The number of hydrogen-bond donors (Lipinski definition) is 0. The second kappa shape index (κ2) is 10.5. The molecule has 0 atom stereocenters. The van der Waals surface area contributed by atoms with Gasteiger partial charge in [0.25, 0.3) is 0 Å². The molecule has 6 heteroatoms. The molecular formula is C25H21NO5. The summed E-state index contributed by atoms with van der Waals surface area (Å²) < 4.78 is 21.3. The Labute approximate surface area is 180 Å². The molecule has 0 saturated heterocycles. The molecular weight excluding hydrogens is 394 g/mol. The molecule has 0 spiro atoms. The van der Waals surface area contributed by atoms with Crippen LogP contribution in [-0.2, 0) is 4.79 Å². The summed E-state index contributed by atoms with van der Waals surface area (Å²) in [5, 5.41) is 9.49. The maximum Gasteiger partial charge on any atom is 0.349 e. The summed E-state index contributed by atoms with van der Waals surface area (Å²) in [6.07, 6.45) is 1.75. The van der Waals surface area contributed by atoms with E-state index in [-0.39, 0.29) is 12.4 Å². The molecule has 3 aromatic carbocycles. The van der Waals surface area contributed by atoms with Crippen LogP contribution in [0.25, 0.3) is 11.6 Å². The minimum Gasteiger partial charge on any atom is -0.497 e. The zero-order valence-electron chi connectivity index (χ0n) is 17.2. The van der Waals surface area contributed by atoms with E-state index in [2.05, 4.69) is 6.07 Å². The van der Waals surface area contributed by atoms with Crippen LogP contribution in [0, 0.1) is 11.3 Å². The van der Waals surface area contributed by atoms with Gasteiger partial charge in [0.1, 0.15) is 11.5 Å². The minimum atomic E-state index is -0.577. The molecule has 0 unspecified atom stereocenters. The van der Waals surface area contributed by atoms with Gasteiger partial charge in [0.2, 0.25) is 0 Å². The summed E-state index contributed by atoms with van der Waals surface area (Å²) in [4.78, 5) is 12.2. The van der Waals surface area contributed by atoms with Gasteiger partial charge in [-0.25, -0.2) is 4.79 Å². The van der Waals surface area contributed by atoms with Gasteiger partial charge in [-0.15, -0.1) is 0 Å². The van der Waals surface area contributed by atoms with Crippen LogP contribution in [0.5, 0.6) is 23.0 Å². The van der Waals surface area contributed by atoms with Gasteiger partial charge >= 0.3 is 5.97 Å². The molecule has 0 bridgehead atoms. The largest absolute Gasteiger partial charge is 0.497 e. The SMILES string of the molecule is COc1cccc(OCC(=O)Oc2ccc(/C=C(/C#N)c3ccccc3)cc2OC)c1. The number of nitriles is 1. The van der Waals surface area contributed by atoms with Crippen molar-refractivity contribution in [2.45, 2.75) is 0 Å². The van der Waals surface area contributed by atoms with Crippen molar-refractivity contribution >= 4 is 17.6 Å². The number of carbonyl (C=O) groups excluding carboxylic acids is 1. The predicted octanol–water partition coefficient (Wildman–Crippen LogP) is 4.75. The molecule has 3 rings (SSSR count). The Morgan fingerprint density at radius 3 is 2.39 bits per heavy atom. The van der Waals surface area contributed by atoms with Crippen LogP contribution in [-0.4, -0.2) is 26.8 Å². The van der Waals surface area contributed by atoms with Gasteiger partial charge in [0, 0.05) is 6.07 Å². The van der Waals surface area contributed by atoms with Gasteiger partial charge in [0.05, 0.1) is 25.9 Å². The van der Waals surface area contributed by atoms with Crippen molar-refractivity contribution in [3.8, 4) is 29.1 Å². The van der Waals surface area contributed by atoms with Gasteiger partial charge in [-0.1, -0.05) is 42.5 Å². The van der Waals surface area contributed by atoms with Crippen molar-refractivity contribution < 1.29 is 23.7 Å². The molecule has 0 saturated carbocycles. The summed E-state index contributed by atoms with van der Waals surface area (Å²) in [6.45, 7) is -0.273. The van der Waals surface area contributed by atoms with Crippen LogP contribution >= 0.6 is 0 Å². The number of hydrogen-bond acceptors (Lipinski definition) is 6. The highest BCUT2D eigenvalue weighted by molar-refractivity contribution is 5.89. The number of ether oxygens (including phenoxy) is 4. The standard InChI is InChI=1S/C25H21NO5/c1-28-21-9-6-10-22(15-21)30-17-25(27)31-23-12-11-18(14-24(23)29-2)13-20(16-26)19-7-4-3-5-8-19/h3-15H,17H2,1-2H3/b20-13-. The van der Waals surface area contributed by atoms with E-state index in [0.29, 0.717) is 22.8 Å². The Kier molecular flexibility index (Phi) is 7.28. The van der Waals surface area contributed by atoms with Crippen molar-refractivity contribution in [2.75, 3.05) is 20.8 Å². The molecule has 156 valence electrons. The first kappa shape index (κ1) is 21.5. The molecule has 6 nitrogen and oxygen atoms in total. The molecule has 3 aromatic rings. The lowest BCUT2D eigenvalue weighted by Gasteiger charge is -2.11. The average Bonchev–Trinajstić information content (AvgIpc) is 2.82. The molecule has 0 aliphatic carbocycles. The Morgan fingerprint density at radius 2 is 1.68 bits per heavy atom. The maximum atomic E-state index is 12.2. The molecule has 0 N–H and O–H groups in total. The zero-order chi connectivity index (χ0) is 22.1. The fraction of sp³-hybridized carbons (Fsp3) is 0.120. The summed E-state index contributed by atoms with van der Waals surface area (Å²) in [7, 11) is 3.03. The Hall–Kier alpha value is -4.24. The fourth-order valence-corrected chi connectivity index (χ4v) is 2.81. The van der Waals surface area contributed by atoms with Crippen LogP contribution in [0.1, 0.15) is 11.1 Å². The Bertz CT molecular complexity index is 1120. The van der Waals surface area contributed by atoms with E-state index in [1.807, 2.05) is 30.3 Å². The van der Waals surface area contributed by atoms with E-state index in [4.69, 9.17) is 18.9 Å². The predicted molar refractivity (Wildman–Crippen MR) is 117 cm³/mol. The Balaban J connectivity index is 1.70. The first-order valence-electron chi connectivity index (χ1n) is 9.45. The van der Waals surface area contributed by atoms with Gasteiger partial charge in [0.15, 0.2) is 18.1 Å². The number of allylic oxidation sites excluding steroid dienone is 1. The minimum absolute atomic E-state index is 0.261. The van der Waals surface area contributed by atoms with Crippen LogP contribution < -0.4 is 18.9 Å². The first-order chi connectivity index (χ1) is 15.1. The van der Waals surface area contributed by atoms with Crippen molar-refractivity contribution in [1.29, 1.82) is 5.26 Å². The molecule has 0 heterocycles. The quantitative estimate of drug-likeness (QED) is 0.229. The second-order valence-corrected chi connectivity index (χ2v) is 6.39. The molecule has 0 aliphatic rings. The van der Waals surface area contributed by atoms with Crippen LogP contribution in [0.3, 0.4) is 0 Å². The smallest absolute Gasteiger partial charge is 0.349 e. The highest BCUT2D eigenvalue weighted by Crippen LogP contribution is 2.30. The van der Waals surface area contributed by atoms with E-state index < -0.39 is 5.97 Å². The normalized spacial score (nSPS) is 10.7. The number of carbonyl (C=O) groups is 1. The van der Waals surface area contributed by atoms with E-state index in [0.717, 1.165) is 11.1 Å². The number of esters is 1. The zero-order valence-corrected chi connectivity index (χ0v) is 17.2. The topological polar surface area (TPSA) is 77.8 Å². The first-order valence-corrected chi connectivity index (χ1v) is 9.45. The lowest BCUT2D eigenvalue weighted by Crippen LogP contribution is -2.18. The lowest BCUT2D eigenvalue weighted by molar-refractivity contribution is -0.136. The molecule has 0 fully saturated rings. The molecule has 0 amide bonds. The van der Waals surface area contributed by atoms with Crippen molar-refractivity contribution in [1.82, 2.24) is 0 Å². The van der Waals surface area contributed by atoms with Crippen LogP contribution in [0.15, 0.2) is 72.8 Å². The average molecular weight is 415 g/mol. The highest BCUT2D eigenvalue weighted by atomic mass is 16.6. The monoisotopic (exact) mass is 415 g/mol. The van der Waals surface area contributed by atoms with Gasteiger partial charge in [-0.05, 0) is 41.5 Å². The van der Waals surface area contributed by atoms with Crippen LogP contribution in [0.2, 0.25) is 0 Å². The summed E-state index contributed by atoms with van der Waals surface area (Å²) >= 11 is 0. The van der Waals surface area contributed by atoms with E-state index >= 15 is 0 Å². The Morgan fingerprint density at radius 1 is 0.903 bits per heavy atom. The molecule has 31 heavy (non-hydrogen) atoms. The third-order valence-electron chi connectivity index (χ3n) is 4.33. The van der Waals surface area contributed by atoms with E-state index in [9.17, 15) is 10.1 Å². The molecule has 0 aromatic heterocycles. The third-order valence-corrected chi connectivity index (χ3v) is 4.33. The number of nitrogens with zero attached hydrogens (tertiary/aromatic N) is 1. The van der Waals surface area contributed by atoms with E-state index in [1.165, 1.54) is 7.11 Å². The van der Waals surface area contributed by atoms with Crippen molar-refractivity contribution in [2.24, 2.45) is 0 Å². The van der Waals surface area contributed by atoms with Crippen molar-refractivity contribution in [3.63, 3.8) is 0 Å². The molecule has 0 aliphatic heterocycles. The number of rotatable bonds is 8. The fourth-order valence-electron chi connectivity index (χ4n) is 2.81. The summed E-state index contributed by atoms with van der Waals surface area (Å²) in [5.74, 6) is 1.18. The highest BCUT2D eigenvalue weighted by Gasteiger charge is 2.12.